The number of hydrogen-bond acceptors (Lipinski definition) is 3. The lowest BCUT2D eigenvalue weighted by Gasteiger charge is -2.06. The first kappa shape index (κ1) is 11.0. The van der Waals surface area contributed by atoms with E-state index in [2.05, 4.69) is 22.4 Å². The zero-order valence-electron chi connectivity index (χ0n) is 9.97. The zero-order chi connectivity index (χ0) is 12.2. The lowest BCUT2D eigenvalue weighted by molar-refractivity contribution is 0.482. The molecule has 90 valence electrons. The molecule has 0 aliphatic carbocycles. The number of aromatic nitrogens is 1. The smallest absolute Gasteiger partial charge is 0.117 e. The fourth-order valence-electron chi connectivity index (χ4n) is 2.04. The van der Waals surface area contributed by atoms with Gasteiger partial charge in [-0.15, -0.1) is 0 Å². The summed E-state index contributed by atoms with van der Waals surface area (Å²) in [4.78, 5) is 4.43. The lowest BCUT2D eigenvalue weighted by Crippen LogP contribution is -2.13. The van der Waals surface area contributed by atoms with Crippen molar-refractivity contribution in [2.45, 2.75) is 13.1 Å². The van der Waals surface area contributed by atoms with Gasteiger partial charge in [-0.05, 0) is 23.6 Å². The molecule has 18 heavy (non-hydrogen) atoms. The molecule has 0 aliphatic heterocycles. The van der Waals surface area contributed by atoms with Crippen molar-refractivity contribution in [1.29, 1.82) is 0 Å². The number of pyridine rings is 1. The predicted molar refractivity (Wildman–Crippen MR) is 71.0 cm³/mol. The van der Waals surface area contributed by atoms with Crippen molar-refractivity contribution in [2.75, 3.05) is 0 Å². The highest BCUT2D eigenvalue weighted by Crippen LogP contribution is 2.16. The Morgan fingerprint density at radius 1 is 1.00 bits per heavy atom. The molecule has 0 saturated heterocycles. The highest BCUT2D eigenvalue weighted by Gasteiger charge is 2.01. The maximum atomic E-state index is 5.28. The number of rotatable bonds is 4. The third-order valence-corrected chi connectivity index (χ3v) is 2.93. The van der Waals surface area contributed by atoms with Gasteiger partial charge in [0.05, 0.1) is 18.5 Å². The lowest BCUT2D eigenvalue weighted by atomic mass is 10.1. The molecule has 0 saturated carbocycles. The largest absolute Gasteiger partial charge is 0.468 e. The van der Waals surface area contributed by atoms with Crippen LogP contribution in [0.4, 0.5) is 0 Å². The van der Waals surface area contributed by atoms with E-state index in [9.17, 15) is 0 Å². The van der Waals surface area contributed by atoms with Crippen molar-refractivity contribution < 1.29 is 4.42 Å². The summed E-state index contributed by atoms with van der Waals surface area (Å²) in [7, 11) is 0. The normalized spacial score (nSPS) is 10.9. The van der Waals surface area contributed by atoms with Crippen LogP contribution in [0, 0.1) is 0 Å². The molecule has 0 atom stereocenters. The quantitative estimate of drug-likeness (QED) is 0.759. The van der Waals surface area contributed by atoms with Gasteiger partial charge in [0.1, 0.15) is 5.76 Å². The number of fused-ring (bicyclic) bond motifs is 1. The van der Waals surface area contributed by atoms with Gasteiger partial charge in [0.2, 0.25) is 0 Å². The van der Waals surface area contributed by atoms with Crippen molar-refractivity contribution in [1.82, 2.24) is 10.3 Å². The van der Waals surface area contributed by atoms with E-state index in [4.69, 9.17) is 4.42 Å². The number of nitrogens with zero attached hydrogens (tertiary/aromatic N) is 1. The van der Waals surface area contributed by atoms with E-state index in [1.807, 2.05) is 36.5 Å². The monoisotopic (exact) mass is 238 g/mol. The van der Waals surface area contributed by atoms with Gasteiger partial charge < -0.3 is 9.73 Å². The average Bonchev–Trinajstić information content (AvgIpc) is 2.92. The van der Waals surface area contributed by atoms with Crippen LogP contribution in [0.25, 0.3) is 10.8 Å². The molecule has 3 nitrogen and oxygen atoms in total. The summed E-state index contributed by atoms with van der Waals surface area (Å²) >= 11 is 0. The molecule has 0 fully saturated rings. The Kier molecular flexibility index (Phi) is 3.07. The first-order valence-electron chi connectivity index (χ1n) is 5.99. The topological polar surface area (TPSA) is 38.1 Å². The van der Waals surface area contributed by atoms with E-state index in [1.54, 1.807) is 6.26 Å². The molecule has 0 aliphatic rings. The van der Waals surface area contributed by atoms with Crippen LogP contribution in [0.2, 0.25) is 0 Å². The molecule has 3 heteroatoms. The van der Waals surface area contributed by atoms with Gasteiger partial charge in [0.15, 0.2) is 0 Å². The summed E-state index contributed by atoms with van der Waals surface area (Å²) in [5.74, 6) is 0.940. The van der Waals surface area contributed by atoms with Crippen LogP contribution in [0.15, 0.2) is 59.3 Å². The molecule has 1 aromatic carbocycles. The maximum Gasteiger partial charge on any atom is 0.117 e. The Morgan fingerprint density at radius 3 is 2.83 bits per heavy atom. The van der Waals surface area contributed by atoms with Crippen molar-refractivity contribution in [3.05, 3.63) is 66.4 Å². The van der Waals surface area contributed by atoms with Gasteiger partial charge in [0.25, 0.3) is 0 Å². The van der Waals surface area contributed by atoms with E-state index in [-0.39, 0.29) is 0 Å². The molecular weight excluding hydrogens is 224 g/mol. The van der Waals surface area contributed by atoms with Crippen LogP contribution in [-0.2, 0) is 13.1 Å². The first-order valence-corrected chi connectivity index (χ1v) is 5.99. The van der Waals surface area contributed by atoms with Crippen molar-refractivity contribution in [3.63, 3.8) is 0 Å². The van der Waals surface area contributed by atoms with Crippen molar-refractivity contribution >= 4 is 10.8 Å². The van der Waals surface area contributed by atoms with E-state index in [0.29, 0.717) is 0 Å². The maximum absolute atomic E-state index is 5.28. The average molecular weight is 238 g/mol. The zero-order valence-corrected chi connectivity index (χ0v) is 9.97. The van der Waals surface area contributed by atoms with Crippen LogP contribution in [0.1, 0.15) is 11.5 Å². The van der Waals surface area contributed by atoms with E-state index in [1.165, 1.54) is 10.8 Å². The number of hydrogen-bond donors (Lipinski definition) is 1. The molecule has 0 amide bonds. The highest BCUT2D eigenvalue weighted by atomic mass is 16.3. The Labute approximate surface area is 105 Å². The minimum absolute atomic E-state index is 0.720. The Hall–Kier alpha value is -2.13. The van der Waals surface area contributed by atoms with Gasteiger partial charge >= 0.3 is 0 Å². The number of benzene rings is 1. The number of nitrogens with one attached hydrogen (secondary N) is 1. The fraction of sp³-hybridized carbons (Fsp3) is 0.133. The molecule has 2 aromatic heterocycles. The van der Waals surface area contributed by atoms with Crippen LogP contribution < -0.4 is 5.32 Å². The summed E-state index contributed by atoms with van der Waals surface area (Å²) in [6, 6.07) is 14.2. The van der Waals surface area contributed by atoms with Gasteiger partial charge in [0, 0.05) is 18.1 Å². The van der Waals surface area contributed by atoms with Gasteiger partial charge in [-0.1, -0.05) is 24.3 Å². The number of furan rings is 1. The molecule has 3 rings (SSSR count). The van der Waals surface area contributed by atoms with Crippen LogP contribution >= 0.6 is 0 Å². The molecule has 1 N–H and O–H groups in total. The van der Waals surface area contributed by atoms with E-state index < -0.39 is 0 Å². The molecule has 3 aromatic rings. The minimum atomic E-state index is 0.720. The second-order valence-corrected chi connectivity index (χ2v) is 4.16. The highest BCUT2D eigenvalue weighted by molar-refractivity contribution is 5.84. The molecule has 2 heterocycles. The van der Waals surface area contributed by atoms with E-state index in [0.717, 1.165) is 24.5 Å². The molecule has 0 unspecified atom stereocenters. The van der Waals surface area contributed by atoms with Crippen LogP contribution in [0.5, 0.6) is 0 Å². The van der Waals surface area contributed by atoms with E-state index >= 15 is 0 Å². The predicted octanol–water partition coefficient (Wildman–Crippen LogP) is 3.12. The van der Waals surface area contributed by atoms with Gasteiger partial charge in [-0.2, -0.15) is 0 Å². The third kappa shape index (κ3) is 2.26. The standard InChI is InChI=1S/C15H14N2O/c1-2-6-14-12(4-1)7-8-17-15(14)11-16-10-13-5-3-9-18-13/h1-9,16H,10-11H2. The summed E-state index contributed by atoms with van der Waals surface area (Å²) in [5, 5.41) is 5.77. The van der Waals surface area contributed by atoms with Crippen molar-refractivity contribution in [2.24, 2.45) is 0 Å². The Morgan fingerprint density at radius 2 is 1.94 bits per heavy atom. The molecular formula is C15H14N2O. The Balaban J connectivity index is 1.74. The summed E-state index contributed by atoms with van der Waals surface area (Å²) < 4.78 is 5.28. The second-order valence-electron chi connectivity index (χ2n) is 4.16. The summed E-state index contributed by atoms with van der Waals surface area (Å²) in [6.07, 6.45) is 3.54. The first-order chi connectivity index (χ1) is 8.93. The third-order valence-electron chi connectivity index (χ3n) is 2.93. The second kappa shape index (κ2) is 5.02. The fourth-order valence-corrected chi connectivity index (χ4v) is 2.04. The van der Waals surface area contributed by atoms with Crippen LogP contribution in [-0.4, -0.2) is 4.98 Å². The van der Waals surface area contributed by atoms with Gasteiger partial charge in [-0.3, -0.25) is 4.98 Å². The SMILES string of the molecule is c1coc(CNCc2nccc3ccccc23)c1. The van der Waals surface area contributed by atoms with Gasteiger partial charge in [-0.25, -0.2) is 0 Å². The molecule has 0 radical (unpaired) electrons. The van der Waals surface area contributed by atoms with Crippen molar-refractivity contribution in [3.8, 4) is 0 Å². The molecule has 0 spiro atoms. The summed E-state index contributed by atoms with van der Waals surface area (Å²) in [6.45, 7) is 1.46. The summed E-state index contributed by atoms with van der Waals surface area (Å²) in [5.41, 5.74) is 1.07. The molecule has 0 bridgehead atoms. The minimum Gasteiger partial charge on any atom is -0.468 e. The Bertz CT molecular complexity index is 627. The van der Waals surface area contributed by atoms with Crippen LogP contribution in [0.3, 0.4) is 0 Å².